The molecule has 24 heavy (non-hydrogen) atoms. The molecule has 0 saturated heterocycles. The molecule has 1 aromatic carbocycles. The van der Waals surface area contributed by atoms with Gasteiger partial charge in [-0.3, -0.25) is 9.36 Å². The number of ether oxygens (including phenoxy) is 1. The lowest BCUT2D eigenvalue weighted by atomic mass is 10.1. The monoisotopic (exact) mass is 328 g/mol. The van der Waals surface area contributed by atoms with Gasteiger partial charge in [0, 0.05) is 6.04 Å². The molecule has 1 aromatic heterocycles. The van der Waals surface area contributed by atoms with E-state index in [1.54, 1.807) is 17.2 Å². The summed E-state index contributed by atoms with van der Waals surface area (Å²) >= 11 is 0. The van der Waals surface area contributed by atoms with E-state index in [4.69, 9.17) is 4.74 Å². The van der Waals surface area contributed by atoms with Gasteiger partial charge in [0.2, 0.25) is 0 Å². The second-order valence-corrected chi connectivity index (χ2v) is 6.39. The van der Waals surface area contributed by atoms with Gasteiger partial charge in [-0.25, -0.2) is 0 Å². The number of aromatic nitrogens is 3. The number of nitrogens with one attached hydrogen (secondary N) is 1. The van der Waals surface area contributed by atoms with Crippen LogP contribution in [0.15, 0.2) is 30.9 Å². The Morgan fingerprint density at radius 2 is 1.92 bits per heavy atom. The Balaban J connectivity index is 1.61. The van der Waals surface area contributed by atoms with Crippen molar-refractivity contribution >= 4 is 5.91 Å². The quantitative estimate of drug-likeness (QED) is 0.857. The van der Waals surface area contributed by atoms with Gasteiger partial charge in [0.1, 0.15) is 18.4 Å². The molecule has 0 unspecified atom stereocenters. The Hall–Kier alpha value is -2.37. The van der Waals surface area contributed by atoms with Crippen molar-refractivity contribution in [3.8, 4) is 11.4 Å². The molecule has 128 valence electrons. The number of carbonyl (C=O) groups excluding carboxylic acids is 1. The summed E-state index contributed by atoms with van der Waals surface area (Å²) in [4.78, 5) is 12.2. The first-order valence-corrected chi connectivity index (χ1v) is 8.60. The first-order valence-electron chi connectivity index (χ1n) is 8.60. The van der Waals surface area contributed by atoms with Crippen LogP contribution in [0.4, 0.5) is 0 Å². The van der Waals surface area contributed by atoms with E-state index in [1.165, 1.54) is 25.7 Å². The molecule has 3 rings (SSSR count). The third kappa shape index (κ3) is 4.34. The average molecular weight is 328 g/mol. The van der Waals surface area contributed by atoms with Crippen LogP contribution >= 0.6 is 0 Å². The Morgan fingerprint density at radius 1 is 1.21 bits per heavy atom. The molecular weight excluding hydrogens is 304 g/mol. The third-order valence-corrected chi connectivity index (χ3v) is 4.39. The molecule has 1 amide bonds. The van der Waals surface area contributed by atoms with Crippen LogP contribution in [0.1, 0.15) is 44.1 Å². The highest BCUT2D eigenvalue weighted by Gasteiger charge is 2.15. The van der Waals surface area contributed by atoms with Gasteiger partial charge in [-0.1, -0.05) is 31.7 Å². The van der Waals surface area contributed by atoms with E-state index in [0.29, 0.717) is 11.8 Å². The third-order valence-electron chi connectivity index (χ3n) is 4.39. The van der Waals surface area contributed by atoms with Crippen LogP contribution < -0.4 is 10.1 Å². The van der Waals surface area contributed by atoms with Crippen molar-refractivity contribution in [1.29, 1.82) is 0 Å². The van der Waals surface area contributed by atoms with Crippen molar-refractivity contribution in [2.45, 2.75) is 51.5 Å². The van der Waals surface area contributed by atoms with Crippen LogP contribution in [0.2, 0.25) is 0 Å². The summed E-state index contributed by atoms with van der Waals surface area (Å²) in [5, 5.41) is 10.8. The summed E-state index contributed by atoms with van der Waals surface area (Å²) in [6, 6.07) is 6.12. The van der Waals surface area contributed by atoms with E-state index in [9.17, 15) is 4.79 Å². The second kappa shape index (κ2) is 7.95. The van der Waals surface area contributed by atoms with Crippen molar-refractivity contribution in [1.82, 2.24) is 20.1 Å². The van der Waals surface area contributed by atoms with Gasteiger partial charge >= 0.3 is 0 Å². The molecule has 0 spiro atoms. The molecule has 0 aliphatic heterocycles. The van der Waals surface area contributed by atoms with Crippen LogP contribution in [0.25, 0.3) is 5.69 Å². The zero-order valence-electron chi connectivity index (χ0n) is 14.1. The number of hydrogen-bond acceptors (Lipinski definition) is 4. The van der Waals surface area contributed by atoms with Crippen LogP contribution in [-0.4, -0.2) is 33.3 Å². The fourth-order valence-corrected chi connectivity index (χ4v) is 3.11. The minimum absolute atomic E-state index is 0.0225. The van der Waals surface area contributed by atoms with Gasteiger partial charge < -0.3 is 10.1 Å². The van der Waals surface area contributed by atoms with Gasteiger partial charge in [0.25, 0.3) is 5.91 Å². The number of carbonyl (C=O) groups is 1. The fraction of sp³-hybridized carbons (Fsp3) is 0.500. The minimum atomic E-state index is -0.0582. The Labute approximate surface area is 142 Å². The zero-order valence-corrected chi connectivity index (χ0v) is 14.1. The van der Waals surface area contributed by atoms with Gasteiger partial charge in [-0.15, -0.1) is 10.2 Å². The fourth-order valence-electron chi connectivity index (χ4n) is 3.11. The average Bonchev–Trinajstić information content (AvgIpc) is 2.99. The number of aryl methyl sites for hydroxylation is 1. The van der Waals surface area contributed by atoms with Crippen LogP contribution in [0.3, 0.4) is 0 Å². The van der Waals surface area contributed by atoms with Gasteiger partial charge in [-0.2, -0.15) is 0 Å². The molecule has 0 radical (unpaired) electrons. The topological polar surface area (TPSA) is 69.0 Å². The van der Waals surface area contributed by atoms with E-state index >= 15 is 0 Å². The standard InChI is InChI=1S/C18H24N4O2/c1-14-8-9-17(16(10-14)22-12-19-20-13-22)24-11-18(23)21-15-6-4-2-3-5-7-15/h8-10,12-13,15H,2-7,11H2,1H3,(H,21,23). The Morgan fingerprint density at radius 3 is 2.62 bits per heavy atom. The highest BCUT2D eigenvalue weighted by Crippen LogP contribution is 2.24. The molecule has 1 saturated carbocycles. The highest BCUT2D eigenvalue weighted by atomic mass is 16.5. The molecule has 6 heteroatoms. The van der Waals surface area contributed by atoms with E-state index < -0.39 is 0 Å². The van der Waals surface area contributed by atoms with Crippen molar-refractivity contribution in [2.24, 2.45) is 0 Å². The number of amides is 1. The minimum Gasteiger partial charge on any atom is -0.482 e. The van der Waals surface area contributed by atoms with Crippen LogP contribution in [0, 0.1) is 6.92 Å². The van der Waals surface area contributed by atoms with Crippen molar-refractivity contribution in [3.63, 3.8) is 0 Å². The maximum Gasteiger partial charge on any atom is 0.258 e. The summed E-state index contributed by atoms with van der Waals surface area (Å²) in [6.07, 6.45) is 10.3. The summed E-state index contributed by atoms with van der Waals surface area (Å²) in [6.45, 7) is 2.03. The molecule has 1 heterocycles. The summed E-state index contributed by atoms with van der Waals surface area (Å²) in [5.74, 6) is 0.591. The largest absolute Gasteiger partial charge is 0.482 e. The number of benzene rings is 1. The van der Waals surface area contributed by atoms with Crippen LogP contribution in [-0.2, 0) is 4.79 Å². The number of hydrogen-bond donors (Lipinski definition) is 1. The van der Waals surface area contributed by atoms with E-state index in [2.05, 4.69) is 15.5 Å². The lowest BCUT2D eigenvalue weighted by Crippen LogP contribution is -2.37. The molecule has 1 aliphatic rings. The molecule has 1 aliphatic carbocycles. The molecule has 6 nitrogen and oxygen atoms in total. The smallest absolute Gasteiger partial charge is 0.258 e. The maximum absolute atomic E-state index is 12.2. The van der Waals surface area contributed by atoms with E-state index in [0.717, 1.165) is 24.1 Å². The molecular formula is C18H24N4O2. The predicted molar refractivity (Wildman–Crippen MR) is 91.2 cm³/mol. The first-order chi connectivity index (χ1) is 11.7. The normalized spacial score (nSPS) is 15.7. The van der Waals surface area contributed by atoms with Gasteiger partial charge in [0.15, 0.2) is 6.61 Å². The predicted octanol–water partition coefficient (Wildman–Crippen LogP) is 2.79. The Kier molecular flexibility index (Phi) is 5.46. The van der Waals surface area contributed by atoms with E-state index in [-0.39, 0.29) is 12.5 Å². The van der Waals surface area contributed by atoms with Gasteiger partial charge in [0.05, 0.1) is 5.69 Å². The molecule has 1 fully saturated rings. The summed E-state index contributed by atoms with van der Waals surface area (Å²) in [5.41, 5.74) is 1.94. The van der Waals surface area contributed by atoms with Crippen molar-refractivity contribution in [3.05, 3.63) is 36.4 Å². The molecule has 0 atom stereocenters. The summed E-state index contributed by atoms with van der Waals surface area (Å²) in [7, 11) is 0. The van der Waals surface area contributed by atoms with Gasteiger partial charge in [-0.05, 0) is 37.5 Å². The van der Waals surface area contributed by atoms with E-state index in [1.807, 2.05) is 25.1 Å². The number of nitrogens with zero attached hydrogens (tertiary/aromatic N) is 3. The molecule has 0 bridgehead atoms. The molecule has 1 N–H and O–H groups in total. The lowest BCUT2D eigenvalue weighted by Gasteiger charge is -2.17. The first kappa shape index (κ1) is 16.5. The number of rotatable bonds is 5. The maximum atomic E-state index is 12.2. The highest BCUT2D eigenvalue weighted by molar-refractivity contribution is 5.78. The lowest BCUT2D eigenvalue weighted by molar-refractivity contribution is -0.123. The SMILES string of the molecule is Cc1ccc(OCC(=O)NC2CCCCCC2)c(-n2cnnc2)c1. The summed E-state index contributed by atoms with van der Waals surface area (Å²) < 4.78 is 7.55. The van der Waals surface area contributed by atoms with Crippen molar-refractivity contribution < 1.29 is 9.53 Å². The van der Waals surface area contributed by atoms with Crippen molar-refractivity contribution in [2.75, 3.05) is 6.61 Å². The Bertz CT molecular complexity index is 662. The molecule has 2 aromatic rings. The zero-order chi connectivity index (χ0) is 16.8. The second-order valence-electron chi connectivity index (χ2n) is 6.39. The van der Waals surface area contributed by atoms with Crippen LogP contribution in [0.5, 0.6) is 5.75 Å².